The molecule has 0 bridgehead atoms. The SMILES string of the molecule is COc1ccc(C2=NC(=Cc3cccc(Cl)c3)C(=O)O2)cc1OC. The number of cyclic esters (lactones) is 1. The van der Waals surface area contributed by atoms with Gasteiger partial charge in [0, 0.05) is 10.6 Å². The summed E-state index contributed by atoms with van der Waals surface area (Å²) in [4.78, 5) is 16.3. The highest BCUT2D eigenvalue weighted by molar-refractivity contribution is 6.30. The van der Waals surface area contributed by atoms with Crippen LogP contribution in [0.25, 0.3) is 6.08 Å². The average Bonchev–Trinajstić information content (AvgIpc) is 2.95. The summed E-state index contributed by atoms with van der Waals surface area (Å²) >= 11 is 5.95. The number of benzene rings is 2. The molecule has 0 fully saturated rings. The first-order valence-electron chi connectivity index (χ1n) is 7.11. The molecule has 0 radical (unpaired) electrons. The normalized spacial score (nSPS) is 15.2. The van der Waals surface area contributed by atoms with Gasteiger partial charge in [0.1, 0.15) is 0 Å². The number of ether oxygens (including phenoxy) is 3. The fourth-order valence-electron chi connectivity index (χ4n) is 2.26. The third-order valence-electron chi connectivity index (χ3n) is 3.40. The van der Waals surface area contributed by atoms with Crippen molar-refractivity contribution >= 4 is 29.5 Å². The van der Waals surface area contributed by atoms with Gasteiger partial charge >= 0.3 is 5.97 Å². The molecule has 2 aromatic carbocycles. The smallest absolute Gasteiger partial charge is 0.363 e. The van der Waals surface area contributed by atoms with Crippen LogP contribution in [0.5, 0.6) is 11.5 Å². The maximum atomic E-state index is 12.0. The van der Waals surface area contributed by atoms with Crippen molar-refractivity contribution < 1.29 is 19.0 Å². The molecule has 5 nitrogen and oxygen atoms in total. The van der Waals surface area contributed by atoms with E-state index in [0.29, 0.717) is 22.1 Å². The average molecular weight is 344 g/mol. The van der Waals surface area contributed by atoms with E-state index in [1.54, 1.807) is 49.6 Å². The molecule has 0 atom stereocenters. The second-order valence-electron chi connectivity index (χ2n) is 4.96. The lowest BCUT2D eigenvalue weighted by Gasteiger charge is -2.08. The van der Waals surface area contributed by atoms with Crippen LogP contribution >= 0.6 is 11.6 Å². The van der Waals surface area contributed by atoms with E-state index in [2.05, 4.69) is 4.99 Å². The third-order valence-corrected chi connectivity index (χ3v) is 3.64. The molecule has 0 saturated carbocycles. The summed E-state index contributed by atoms with van der Waals surface area (Å²) in [6.45, 7) is 0. The van der Waals surface area contributed by atoms with Gasteiger partial charge in [0.15, 0.2) is 17.2 Å². The number of methoxy groups -OCH3 is 2. The molecule has 0 spiro atoms. The van der Waals surface area contributed by atoms with Crippen LogP contribution in [0, 0.1) is 0 Å². The number of rotatable bonds is 4. The van der Waals surface area contributed by atoms with Crippen LogP contribution in [0.15, 0.2) is 53.2 Å². The van der Waals surface area contributed by atoms with Crippen LogP contribution in [0.4, 0.5) is 0 Å². The van der Waals surface area contributed by atoms with Crippen LogP contribution in [-0.2, 0) is 9.53 Å². The maximum absolute atomic E-state index is 12.0. The van der Waals surface area contributed by atoms with Gasteiger partial charge in [-0.2, -0.15) is 0 Å². The van der Waals surface area contributed by atoms with Crippen LogP contribution in [0.2, 0.25) is 5.02 Å². The Hall–Kier alpha value is -2.79. The Morgan fingerprint density at radius 1 is 1.08 bits per heavy atom. The second kappa shape index (κ2) is 6.76. The fraction of sp³-hybridized carbons (Fsp3) is 0.111. The van der Waals surface area contributed by atoms with Gasteiger partial charge in [-0.15, -0.1) is 0 Å². The molecular weight excluding hydrogens is 330 g/mol. The lowest BCUT2D eigenvalue weighted by atomic mass is 10.2. The second-order valence-corrected chi connectivity index (χ2v) is 5.40. The number of nitrogens with zero attached hydrogens (tertiary/aromatic N) is 1. The fourth-order valence-corrected chi connectivity index (χ4v) is 2.45. The van der Waals surface area contributed by atoms with Gasteiger partial charge in [-0.3, -0.25) is 0 Å². The van der Waals surface area contributed by atoms with Crippen molar-refractivity contribution in [2.45, 2.75) is 0 Å². The molecule has 3 rings (SSSR count). The number of aliphatic imine (C=N–C) groups is 1. The Labute approximate surface area is 144 Å². The first kappa shape index (κ1) is 16.1. The van der Waals surface area contributed by atoms with Gasteiger partial charge in [0.25, 0.3) is 0 Å². The number of halogens is 1. The minimum absolute atomic E-state index is 0.210. The molecule has 0 N–H and O–H groups in total. The molecule has 24 heavy (non-hydrogen) atoms. The molecule has 0 saturated heterocycles. The van der Waals surface area contributed by atoms with Gasteiger partial charge < -0.3 is 14.2 Å². The lowest BCUT2D eigenvalue weighted by molar-refractivity contribution is -0.129. The number of carbonyl (C=O) groups is 1. The van der Waals surface area contributed by atoms with E-state index >= 15 is 0 Å². The van der Waals surface area contributed by atoms with Crippen LogP contribution in [0.3, 0.4) is 0 Å². The minimum atomic E-state index is -0.514. The van der Waals surface area contributed by atoms with E-state index in [1.807, 2.05) is 6.07 Å². The van der Waals surface area contributed by atoms with Gasteiger partial charge in [0.05, 0.1) is 14.2 Å². The summed E-state index contributed by atoms with van der Waals surface area (Å²) in [5.74, 6) is 0.816. The van der Waals surface area contributed by atoms with Crippen molar-refractivity contribution in [2.24, 2.45) is 4.99 Å². The molecule has 1 aliphatic rings. The first-order chi connectivity index (χ1) is 11.6. The zero-order valence-electron chi connectivity index (χ0n) is 13.1. The van der Waals surface area contributed by atoms with Gasteiger partial charge in [-0.1, -0.05) is 23.7 Å². The molecule has 0 unspecified atom stereocenters. The summed E-state index contributed by atoms with van der Waals surface area (Å²) in [7, 11) is 3.09. The summed E-state index contributed by atoms with van der Waals surface area (Å²) in [6, 6.07) is 12.3. The van der Waals surface area contributed by atoms with Crippen LogP contribution in [-0.4, -0.2) is 26.1 Å². The summed E-state index contributed by atoms with van der Waals surface area (Å²) in [5, 5.41) is 0.583. The van der Waals surface area contributed by atoms with Gasteiger partial charge in [-0.25, -0.2) is 9.79 Å². The number of hydrogen-bond donors (Lipinski definition) is 0. The van der Waals surface area contributed by atoms with Crippen molar-refractivity contribution in [3.8, 4) is 11.5 Å². The van der Waals surface area contributed by atoms with E-state index in [4.69, 9.17) is 25.8 Å². The van der Waals surface area contributed by atoms with Crippen molar-refractivity contribution in [3.05, 3.63) is 64.3 Å². The molecule has 0 amide bonds. The van der Waals surface area contributed by atoms with Crippen molar-refractivity contribution in [1.82, 2.24) is 0 Å². The van der Waals surface area contributed by atoms with Crippen LogP contribution in [0.1, 0.15) is 11.1 Å². The highest BCUT2D eigenvalue weighted by Gasteiger charge is 2.25. The third kappa shape index (κ3) is 3.26. The van der Waals surface area contributed by atoms with Crippen molar-refractivity contribution in [1.29, 1.82) is 0 Å². The monoisotopic (exact) mass is 343 g/mol. The summed E-state index contributed by atoms with van der Waals surface area (Å²) < 4.78 is 15.7. The lowest BCUT2D eigenvalue weighted by Crippen LogP contribution is -2.05. The molecule has 0 aliphatic carbocycles. The maximum Gasteiger partial charge on any atom is 0.363 e. The van der Waals surface area contributed by atoms with Gasteiger partial charge in [0.2, 0.25) is 5.90 Å². The molecular formula is C18H14ClNO4. The standard InChI is InChI=1S/C18H14ClNO4/c1-22-15-7-6-12(10-16(15)23-2)17-20-14(18(21)24-17)9-11-4-3-5-13(19)8-11/h3-10H,1-2H3. The van der Waals surface area contributed by atoms with E-state index in [0.717, 1.165) is 5.56 Å². The zero-order chi connectivity index (χ0) is 17.1. The molecule has 2 aromatic rings. The van der Waals surface area contributed by atoms with Crippen molar-refractivity contribution in [3.63, 3.8) is 0 Å². The first-order valence-corrected chi connectivity index (χ1v) is 7.49. The number of carbonyl (C=O) groups excluding carboxylic acids is 1. The van der Waals surface area contributed by atoms with E-state index in [1.165, 1.54) is 7.11 Å². The predicted molar refractivity (Wildman–Crippen MR) is 91.6 cm³/mol. The molecule has 0 aromatic heterocycles. The number of hydrogen-bond acceptors (Lipinski definition) is 5. The molecule has 1 aliphatic heterocycles. The Kier molecular flexibility index (Phi) is 4.53. The van der Waals surface area contributed by atoms with E-state index in [9.17, 15) is 4.79 Å². The Morgan fingerprint density at radius 2 is 1.88 bits per heavy atom. The minimum Gasteiger partial charge on any atom is -0.493 e. The summed E-state index contributed by atoms with van der Waals surface area (Å²) in [5.41, 5.74) is 1.60. The molecule has 6 heteroatoms. The molecule has 122 valence electrons. The highest BCUT2D eigenvalue weighted by Crippen LogP contribution is 2.29. The Morgan fingerprint density at radius 3 is 2.58 bits per heavy atom. The quantitative estimate of drug-likeness (QED) is 0.627. The van der Waals surface area contributed by atoms with Crippen LogP contribution < -0.4 is 9.47 Å². The largest absolute Gasteiger partial charge is 0.493 e. The predicted octanol–water partition coefficient (Wildman–Crippen LogP) is 3.70. The van der Waals surface area contributed by atoms with Gasteiger partial charge in [-0.05, 0) is 42.0 Å². The zero-order valence-corrected chi connectivity index (χ0v) is 13.8. The van der Waals surface area contributed by atoms with E-state index < -0.39 is 5.97 Å². The molecule has 1 heterocycles. The topological polar surface area (TPSA) is 57.1 Å². The summed E-state index contributed by atoms with van der Waals surface area (Å²) in [6.07, 6.45) is 1.63. The van der Waals surface area contributed by atoms with E-state index in [-0.39, 0.29) is 11.6 Å². The highest BCUT2D eigenvalue weighted by atomic mass is 35.5. The Balaban J connectivity index is 1.94. The van der Waals surface area contributed by atoms with Crippen molar-refractivity contribution in [2.75, 3.05) is 14.2 Å². The Bertz CT molecular complexity index is 858. The number of esters is 1.